The van der Waals surface area contributed by atoms with Crippen LogP contribution < -0.4 is 0 Å². The zero-order valence-corrected chi connectivity index (χ0v) is 40.7. The minimum Gasteiger partial charge on any atom is -0.458 e. The first-order valence-corrected chi connectivity index (χ1v) is 24.7. The average Bonchev–Trinajstić information content (AvgIpc) is 3.87. The number of epoxide rings is 1. The van der Waals surface area contributed by atoms with E-state index in [-0.39, 0.29) is 23.7 Å². The van der Waals surface area contributed by atoms with E-state index in [2.05, 4.69) is 6.92 Å². The van der Waals surface area contributed by atoms with Crippen molar-refractivity contribution >= 4 is 17.7 Å². The molecule has 9 unspecified atom stereocenters. The maximum Gasteiger partial charge on any atom is 0.338 e. The number of hydrogen-bond donors (Lipinski definition) is 5. The Morgan fingerprint density at radius 2 is 1.42 bits per heavy atom. The first kappa shape index (κ1) is 51.2. The third-order valence-corrected chi connectivity index (χ3v) is 17.9. The minimum atomic E-state index is -1.67. The molecule has 4 saturated heterocycles. The van der Waals surface area contributed by atoms with E-state index in [4.69, 9.17) is 52.1 Å². The fraction of sp³-hybridized carbons (Fsp3) is 0.820. The molecule has 0 amide bonds. The van der Waals surface area contributed by atoms with Gasteiger partial charge in [0, 0.05) is 44.8 Å². The Morgan fingerprint density at radius 3 is 2.09 bits per heavy atom. The molecule has 19 nitrogen and oxygen atoms in total. The predicted octanol–water partition coefficient (Wildman–Crippen LogP) is 2.11. The van der Waals surface area contributed by atoms with Crippen LogP contribution in [0.1, 0.15) is 103 Å². The van der Waals surface area contributed by atoms with Gasteiger partial charge in [-0.05, 0) is 89.2 Å². The summed E-state index contributed by atoms with van der Waals surface area (Å²) in [4.78, 5) is 40.6. The smallest absolute Gasteiger partial charge is 0.338 e. The van der Waals surface area contributed by atoms with Crippen molar-refractivity contribution in [1.82, 2.24) is 0 Å². The molecule has 8 aliphatic rings. The molecule has 1 aromatic carbocycles. The van der Waals surface area contributed by atoms with E-state index in [1.54, 1.807) is 45.2 Å². The van der Waals surface area contributed by atoms with Crippen LogP contribution in [0.25, 0.3) is 0 Å². The number of carbonyl (C=O) groups is 3. The van der Waals surface area contributed by atoms with Crippen LogP contribution in [0.4, 0.5) is 0 Å². The summed E-state index contributed by atoms with van der Waals surface area (Å²) in [5.74, 6) is -1.70. The number of methoxy groups -OCH3 is 2. The molecule has 19 heteroatoms. The monoisotopic (exact) mass is 976 g/mol. The van der Waals surface area contributed by atoms with Crippen LogP contribution in [0.15, 0.2) is 30.3 Å². The van der Waals surface area contributed by atoms with E-state index in [0.717, 1.165) is 6.42 Å². The number of aliphatic hydroxyl groups excluding tert-OH is 5. The summed E-state index contributed by atoms with van der Waals surface area (Å²) in [5, 5.41) is 52.4. The third-order valence-electron chi connectivity index (χ3n) is 17.9. The molecule has 69 heavy (non-hydrogen) atoms. The molecule has 8 fully saturated rings. The van der Waals surface area contributed by atoms with Gasteiger partial charge in [-0.2, -0.15) is 0 Å². The van der Waals surface area contributed by atoms with Crippen LogP contribution in [0.3, 0.4) is 0 Å². The fourth-order valence-electron chi connectivity index (χ4n) is 14.6. The van der Waals surface area contributed by atoms with Crippen LogP contribution in [0.2, 0.25) is 0 Å². The molecule has 9 rings (SSSR count). The number of rotatable bonds is 13. The standard InChI is InChI=1S/C50H72O19/c1-23(52)30-16-19-50-48(30,6)43(63-26(4)53)41(66-44(58)27-12-10-9-11-13-27)42-47(5)17-15-29(20-28(47)14-18-49(42,50)69-50)64-33-21-31(59-7)38(24(2)61-33)67-46-37(57)40(60-8)39(25(3)62-46)68-45-36(56)35(55)34(54)32(22-51)65-45/h9-13,24-25,28-43,45-46,51,54-57H,14-22H2,1-8H3/t24-,25-,28?,29+,30?,31+,32-,33+,34-,35+,36-,37-,38-,39-,40+,41?,42?,43?,45+,46+,47?,48?,49?,50?/m1/s1. The fourth-order valence-corrected chi connectivity index (χ4v) is 14.6. The summed E-state index contributed by atoms with van der Waals surface area (Å²) < 4.78 is 69.1. The van der Waals surface area contributed by atoms with Crippen LogP contribution >= 0.6 is 0 Å². The molecule has 0 bridgehead atoms. The number of hydrogen-bond acceptors (Lipinski definition) is 19. The van der Waals surface area contributed by atoms with Gasteiger partial charge in [0.2, 0.25) is 0 Å². The van der Waals surface area contributed by atoms with Crippen molar-refractivity contribution in [3.63, 3.8) is 0 Å². The number of esters is 2. The maximum atomic E-state index is 14.1. The van der Waals surface area contributed by atoms with Crippen molar-refractivity contribution in [2.45, 2.75) is 208 Å². The van der Waals surface area contributed by atoms with E-state index in [1.165, 1.54) is 14.0 Å². The highest BCUT2D eigenvalue weighted by molar-refractivity contribution is 5.89. The van der Waals surface area contributed by atoms with Gasteiger partial charge >= 0.3 is 11.9 Å². The highest BCUT2D eigenvalue weighted by Crippen LogP contribution is 2.81. The van der Waals surface area contributed by atoms with Crippen LogP contribution in [0, 0.1) is 28.6 Å². The summed E-state index contributed by atoms with van der Waals surface area (Å²) in [6.07, 6.45) is -12.5. The number of fused-ring (bicyclic) bond motifs is 2. The molecule has 4 aliphatic carbocycles. The summed E-state index contributed by atoms with van der Waals surface area (Å²) in [7, 11) is 2.94. The summed E-state index contributed by atoms with van der Waals surface area (Å²) >= 11 is 0. The Labute approximate surface area is 402 Å². The minimum absolute atomic E-state index is 0.000276. The first-order chi connectivity index (χ1) is 32.8. The van der Waals surface area contributed by atoms with Gasteiger partial charge in [0.25, 0.3) is 0 Å². The van der Waals surface area contributed by atoms with Gasteiger partial charge in [0.15, 0.2) is 18.9 Å². The van der Waals surface area contributed by atoms with Crippen molar-refractivity contribution in [2.75, 3.05) is 20.8 Å². The number of ketones is 1. The van der Waals surface area contributed by atoms with Gasteiger partial charge in [-0.3, -0.25) is 9.59 Å². The Balaban J connectivity index is 0.882. The second kappa shape index (κ2) is 19.3. The lowest BCUT2D eigenvalue weighted by Gasteiger charge is -2.61. The van der Waals surface area contributed by atoms with Crippen LogP contribution in [-0.4, -0.2) is 180 Å². The Kier molecular flexibility index (Phi) is 14.3. The van der Waals surface area contributed by atoms with Crippen LogP contribution in [0.5, 0.6) is 0 Å². The average molecular weight is 977 g/mol. The summed E-state index contributed by atoms with van der Waals surface area (Å²) in [6, 6.07) is 8.78. The second-order valence-corrected chi connectivity index (χ2v) is 21.4. The lowest BCUT2D eigenvalue weighted by atomic mass is 9.43. The molecule has 4 saturated carbocycles. The van der Waals surface area contributed by atoms with E-state index < -0.39 is 145 Å². The van der Waals surface area contributed by atoms with Gasteiger partial charge in [0.1, 0.15) is 78.0 Å². The lowest BCUT2D eigenvalue weighted by Crippen LogP contribution is -2.70. The van der Waals surface area contributed by atoms with Crippen molar-refractivity contribution in [3.8, 4) is 0 Å². The second-order valence-electron chi connectivity index (χ2n) is 21.4. The maximum absolute atomic E-state index is 14.1. The highest BCUT2D eigenvalue weighted by Gasteiger charge is 2.91. The highest BCUT2D eigenvalue weighted by atomic mass is 16.8. The van der Waals surface area contributed by atoms with Gasteiger partial charge in [0.05, 0.1) is 36.6 Å². The number of Topliss-reactive ketones (excluding diaryl/α,β-unsaturated/α-hetero) is 1. The number of aliphatic hydroxyl groups is 5. The molecule has 4 heterocycles. The zero-order valence-electron chi connectivity index (χ0n) is 40.7. The molecular weight excluding hydrogens is 905 g/mol. The van der Waals surface area contributed by atoms with Crippen molar-refractivity contribution < 1.29 is 92.0 Å². The zero-order chi connectivity index (χ0) is 49.5. The lowest BCUT2D eigenvalue weighted by molar-refractivity contribution is -0.371. The van der Waals surface area contributed by atoms with Gasteiger partial charge in [-0.1, -0.05) is 32.0 Å². The largest absolute Gasteiger partial charge is 0.458 e. The van der Waals surface area contributed by atoms with Gasteiger partial charge in [-0.15, -0.1) is 0 Å². The molecular formula is C50H72O19. The molecule has 2 spiro atoms. The molecule has 4 aliphatic heterocycles. The summed E-state index contributed by atoms with van der Waals surface area (Å²) in [5.41, 5.74) is -2.37. The quantitative estimate of drug-likeness (QED) is 0.108. The van der Waals surface area contributed by atoms with E-state index in [0.29, 0.717) is 50.5 Å². The topological polar surface area (TPSA) is 257 Å². The van der Waals surface area contributed by atoms with Crippen molar-refractivity contribution in [2.24, 2.45) is 28.6 Å². The molecule has 0 radical (unpaired) electrons. The Morgan fingerprint density at radius 1 is 0.725 bits per heavy atom. The van der Waals surface area contributed by atoms with Gasteiger partial charge in [-0.25, -0.2) is 4.79 Å². The van der Waals surface area contributed by atoms with E-state index >= 15 is 0 Å². The molecule has 5 N–H and O–H groups in total. The van der Waals surface area contributed by atoms with E-state index in [9.17, 15) is 39.9 Å². The number of ether oxygens (including phenoxy) is 11. The Hall–Kier alpha value is -2.73. The SMILES string of the molecule is CO[C@H]1[C@@H](O)[C@H](O[C@H]2[C@@H](OC)C[C@H](O[C@H]3CCC4(C)C(CCC56OC57CCC(C(C)=O)C7(C)C(OC(C)=O)C(OC(=O)c5ccccc5)C46)C3)O[C@@H]2C)O[C@H](C)[C@H]1O[C@@H]1O[C@H](CO)[C@@H](O)[C@H](O)[C@H]1O. The van der Waals surface area contributed by atoms with Crippen LogP contribution in [-0.2, 0) is 61.7 Å². The molecule has 0 aromatic heterocycles. The predicted molar refractivity (Wildman–Crippen MR) is 237 cm³/mol. The normalized spacial score (nSPS) is 50.2. The molecule has 24 atom stereocenters. The van der Waals surface area contributed by atoms with Crippen molar-refractivity contribution in [1.29, 1.82) is 0 Å². The first-order valence-electron chi connectivity index (χ1n) is 24.7. The summed E-state index contributed by atoms with van der Waals surface area (Å²) in [6.45, 7) is 10.1. The number of carbonyl (C=O) groups excluding carboxylic acids is 3. The Bertz CT molecular complexity index is 2030. The molecule has 386 valence electrons. The molecule has 1 aromatic rings. The van der Waals surface area contributed by atoms with Gasteiger partial charge < -0.3 is 77.6 Å². The van der Waals surface area contributed by atoms with E-state index in [1.807, 2.05) is 19.9 Å². The number of benzene rings is 1. The third kappa shape index (κ3) is 8.31. The van der Waals surface area contributed by atoms with Crippen molar-refractivity contribution in [3.05, 3.63) is 35.9 Å².